The molecule has 3 N–H and O–H groups in total. The van der Waals surface area contributed by atoms with Crippen LogP contribution in [0.1, 0.15) is 21.5 Å². The van der Waals surface area contributed by atoms with Gasteiger partial charge in [-0.25, -0.2) is 0 Å². The first kappa shape index (κ1) is 21.4. The van der Waals surface area contributed by atoms with E-state index < -0.39 is 17.7 Å². The number of hydrazine groups is 1. The zero-order valence-corrected chi connectivity index (χ0v) is 16.4. The van der Waals surface area contributed by atoms with Crippen molar-refractivity contribution in [3.05, 3.63) is 71.8 Å². The fourth-order valence-electron chi connectivity index (χ4n) is 2.35. The number of benzene rings is 2. The van der Waals surface area contributed by atoms with Gasteiger partial charge in [-0.2, -0.15) is 0 Å². The van der Waals surface area contributed by atoms with Gasteiger partial charge >= 0.3 is 11.8 Å². The summed E-state index contributed by atoms with van der Waals surface area (Å²) in [5.41, 5.74) is 7.56. The first-order valence-electron chi connectivity index (χ1n) is 8.72. The molecule has 0 unspecified atom stereocenters. The Bertz CT molecular complexity index is 967. The fraction of sp³-hybridized carbons (Fsp3) is 0.143. The lowest BCUT2D eigenvalue weighted by molar-refractivity contribution is -0.136. The van der Waals surface area contributed by atoms with Gasteiger partial charge in [-0.05, 0) is 67.4 Å². The number of nitrogens with one attached hydrogen (secondary N) is 3. The van der Waals surface area contributed by atoms with Crippen LogP contribution in [0.3, 0.4) is 0 Å². The maximum absolute atomic E-state index is 12.1. The minimum Gasteiger partial charge on any atom is -0.318 e. The van der Waals surface area contributed by atoms with Crippen LogP contribution in [0.15, 0.2) is 55.1 Å². The van der Waals surface area contributed by atoms with Crippen LogP contribution in [-0.2, 0) is 14.4 Å². The average molecular weight is 394 g/mol. The highest BCUT2D eigenvalue weighted by Gasteiger charge is 2.16. The lowest BCUT2D eigenvalue weighted by Crippen LogP contribution is -2.46. The van der Waals surface area contributed by atoms with E-state index in [0.717, 1.165) is 11.1 Å². The van der Waals surface area contributed by atoms with Crippen molar-refractivity contribution in [2.75, 3.05) is 17.3 Å². The lowest BCUT2D eigenvalue weighted by atomic mass is 10.1. The van der Waals surface area contributed by atoms with E-state index in [0.29, 0.717) is 11.4 Å². The van der Waals surface area contributed by atoms with E-state index in [9.17, 15) is 19.2 Å². The minimum absolute atomic E-state index is 0.239. The summed E-state index contributed by atoms with van der Waals surface area (Å²) in [6.45, 7) is 7.24. The molecule has 0 aliphatic carbocycles. The molecule has 0 heterocycles. The summed E-state index contributed by atoms with van der Waals surface area (Å²) in [6.07, 6.45) is 1.18. The third-order valence-electron chi connectivity index (χ3n) is 4.28. The third-order valence-corrected chi connectivity index (χ3v) is 4.28. The number of carbonyl (C=O) groups is 4. The van der Waals surface area contributed by atoms with Crippen LogP contribution < -0.4 is 21.1 Å². The van der Waals surface area contributed by atoms with Crippen molar-refractivity contribution >= 4 is 35.0 Å². The summed E-state index contributed by atoms with van der Waals surface area (Å²) in [5, 5.41) is 2.46. The number of nitrogens with zero attached hydrogens (tertiary/aromatic N) is 1. The summed E-state index contributed by atoms with van der Waals surface area (Å²) in [7, 11) is 1.58. The molecular weight excluding hydrogens is 372 g/mol. The molecule has 0 spiro atoms. The van der Waals surface area contributed by atoms with Gasteiger partial charge in [-0.1, -0.05) is 12.6 Å². The smallest absolute Gasteiger partial charge is 0.318 e. The van der Waals surface area contributed by atoms with Crippen LogP contribution in [0.25, 0.3) is 0 Å². The van der Waals surface area contributed by atoms with Crippen LogP contribution in [-0.4, -0.2) is 30.7 Å². The second kappa shape index (κ2) is 9.32. The molecule has 0 atom stereocenters. The van der Waals surface area contributed by atoms with Crippen LogP contribution in [0.2, 0.25) is 0 Å². The zero-order valence-electron chi connectivity index (χ0n) is 16.4. The number of hydrogen-bond acceptors (Lipinski definition) is 4. The number of aryl methyl sites for hydroxylation is 2. The number of amides is 4. The maximum atomic E-state index is 12.1. The molecule has 0 bridgehead atoms. The lowest BCUT2D eigenvalue weighted by Gasteiger charge is -2.15. The molecule has 2 rings (SSSR count). The van der Waals surface area contributed by atoms with Crippen molar-refractivity contribution in [3.63, 3.8) is 0 Å². The molecule has 2 aromatic carbocycles. The molecule has 8 nitrogen and oxygen atoms in total. The Morgan fingerprint density at radius 2 is 1.55 bits per heavy atom. The summed E-state index contributed by atoms with van der Waals surface area (Å²) in [6, 6.07) is 11.4. The zero-order chi connectivity index (χ0) is 21.6. The quantitative estimate of drug-likeness (QED) is 0.418. The Morgan fingerprint density at radius 3 is 2.14 bits per heavy atom. The predicted molar refractivity (Wildman–Crippen MR) is 110 cm³/mol. The Balaban J connectivity index is 1.91. The highest BCUT2D eigenvalue weighted by molar-refractivity contribution is 6.39. The molecule has 0 aliphatic rings. The van der Waals surface area contributed by atoms with Gasteiger partial charge in [0.15, 0.2) is 0 Å². The van der Waals surface area contributed by atoms with Crippen molar-refractivity contribution in [1.82, 2.24) is 10.9 Å². The van der Waals surface area contributed by atoms with E-state index in [2.05, 4.69) is 22.7 Å². The van der Waals surface area contributed by atoms with Crippen LogP contribution in [0.5, 0.6) is 0 Å². The standard InChI is InChI=1S/C21H22N4O4/c1-5-18(26)25(4)17-10-7-15(8-11-17)19(27)23-24-21(29)20(28)22-16-9-6-13(2)14(3)12-16/h5-12H,1H2,2-4H3,(H,22,28)(H,23,27)(H,24,29). The highest BCUT2D eigenvalue weighted by Crippen LogP contribution is 2.15. The molecular formula is C21H22N4O4. The monoisotopic (exact) mass is 394 g/mol. The molecule has 0 radical (unpaired) electrons. The SMILES string of the molecule is C=CC(=O)N(C)c1ccc(C(=O)NNC(=O)C(=O)Nc2ccc(C)c(C)c2)cc1. The average Bonchev–Trinajstić information content (AvgIpc) is 2.73. The number of likely N-dealkylation sites (N-methyl/N-ethyl adjacent to an activating group) is 1. The molecule has 150 valence electrons. The van der Waals surface area contributed by atoms with Crippen molar-refractivity contribution in [1.29, 1.82) is 0 Å². The van der Waals surface area contributed by atoms with Crippen LogP contribution >= 0.6 is 0 Å². The van der Waals surface area contributed by atoms with Gasteiger partial charge < -0.3 is 10.2 Å². The number of hydrogen-bond donors (Lipinski definition) is 3. The molecule has 29 heavy (non-hydrogen) atoms. The van der Waals surface area contributed by atoms with E-state index in [-0.39, 0.29) is 11.5 Å². The van der Waals surface area contributed by atoms with E-state index in [1.165, 1.54) is 23.1 Å². The molecule has 8 heteroatoms. The van der Waals surface area contributed by atoms with Crippen molar-refractivity contribution in [2.24, 2.45) is 0 Å². The van der Waals surface area contributed by atoms with Gasteiger partial charge in [0.05, 0.1) is 0 Å². The summed E-state index contributed by atoms with van der Waals surface area (Å²) in [5.74, 6) is -2.82. The van der Waals surface area contributed by atoms with Crippen molar-refractivity contribution in [2.45, 2.75) is 13.8 Å². The molecule has 4 amide bonds. The Kier molecular flexibility index (Phi) is 6.86. The van der Waals surface area contributed by atoms with Gasteiger partial charge in [-0.3, -0.25) is 30.0 Å². The van der Waals surface area contributed by atoms with Crippen LogP contribution in [0, 0.1) is 13.8 Å². The normalized spacial score (nSPS) is 9.90. The third kappa shape index (κ3) is 5.52. The summed E-state index contributed by atoms with van der Waals surface area (Å²) < 4.78 is 0. The van der Waals surface area contributed by atoms with Gasteiger partial charge in [-0.15, -0.1) is 0 Å². The molecule has 0 saturated heterocycles. The number of anilines is 2. The first-order valence-corrected chi connectivity index (χ1v) is 8.72. The van der Waals surface area contributed by atoms with E-state index in [1.54, 1.807) is 31.3 Å². The van der Waals surface area contributed by atoms with Crippen molar-refractivity contribution < 1.29 is 19.2 Å². The Labute approximate surface area is 168 Å². The Hall–Kier alpha value is -3.94. The second-order valence-electron chi connectivity index (χ2n) is 6.31. The highest BCUT2D eigenvalue weighted by atomic mass is 16.2. The summed E-state index contributed by atoms with van der Waals surface area (Å²) in [4.78, 5) is 48.9. The van der Waals surface area contributed by atoms with E-state index in [1.807, 2.05) is 19.9 Å². The minimum atomic E-state index is -1.01. The van der Waals surface area contributed by atoms with Gasteiger partial charge in [0.1, 0.15) is 0 Å². The first-order chi connectivity index (χ1) is 13.7. The molecule has 0 fully saturated rings. The van der Waals surface area contributed by atoms with E-state index >= 15 is 0 Å². The van der Waals surface area contributed by atoms with Crippen molar-refractivity contribution in [3.8, 4) is 0 Å². The van der Waals surface area contributed by atoms with Gasteiger partial charge in [0, 0.05) is 24.0 Å². The second-order valence-corrected chi connectivity index (χ2v) is 6.31. The Morgan fingerprint density at radius 1 is 0.897 bits per heavy atom. The van der Waals surface area contributed by atoms with E-state index in [4.69, 9.17) is 0 Å². The number of carbonyl (C=O) groups excluding carboxylic acids is 4. The van der Waals surface area contributed by atoms with Gasteiger partial charge in [0.2, 0.25) is 5.91 Å². The molecule has 0 aliphatic heterocycles. The fourth-order valence-corrected chi connectivity index (χ4v) is 2.35. The number of rotatable bonds is 4. The summed E-state index contributed by atoms with van der Waals surface area (Å²) >= 11 is 0. The predicted octanol–water partition coefficient (Wildman–Crippen LogP) is 1.85. The van der Waals surface area contributed by atoms with Gasteiger partial charge in [0.25, 0.3) is 5.91 Å². The topological polar surface area (TPSA) is 108 Å². The molecule has 0 aromatic heterocycles. The van der Waals surface area contributed by atoms with Crippen LogP contribution in [0.4, 0.5) is 11.4 Å². The molecule has 0 saturated carbocycles. The largest absolute Gasteiger partial charge is 0.328 e. The maximum Gasteiger partial charge on any atom is 0.328 e. The molecule has 2 aromatic rings.